The molecule has 2 atom stereocenters. The van der Waals surface area contributed by atoms with Gasteiger partial charge in [0.2, 0.25) is 0 Å². The van der Waals surface area contributed by atoms with E-state index in [1.54, 1.807) is 15.5 Å². The Morgan fingerprint density at radius 1 is 1.07 bits per heavy atom. The molecule has 0 unspecified atom stereocenters. The fraction of sp³-hybridized carbons (Fsp3) is 0.409. The molecule has 1 fully saturated rings. The Morgan fingerprint density at radius 2 is 1.80 bits per heavy atom. The van der Waals surface area contributed by atoms with Gasteiger partial charge in [-0.1, -0.05) is 0 Å². The number of nitrogens with one attached hydrogen (secondary N) is 2. The number of halogens is 1. The zero-order valence-electron chi connectivity index (χ0n) is 17.0. The van der Waals surface area contributed by atoms with E-state index in [0.717, 1.165) is 12.1 Å². The molecule has 2 N–H and O–H groups in total. The fourth-order valence-corrected chi connectivity index (χ4v) is 4.40. The molecule has 1 aromatic heterocycles. The van der Waals surface area contributed by atoms with Gasteiger partial charge in [-0.3, -0.25) is 9.59 Å². The number of fused-ring (bicyclic) bond motifs is 4. The van der Waals surface area contributed by atoms with E-state index in [1.807, 2.05) is 19.9 Å². The van der Waals surface area contributed by atoms with Crippen molar-refractivity contribution < 1.29 is 14.0 Å². The average molecular weight is 412 g/mol. The SMILES string of the molecule is CC(C)NC(=O)Nc1ccc2n(c1=O)C[C@@H]1C[C@@H]2CN(C(=O)c2ccc(F)cc2)C1. The van der Waals surface area contributed by atoms with Gasteiger partial charge in [0.05, 0.1) is 0 Å². The van der Waals surface area contributed by atoms with Crippen molar-refractivity contribution in [1.82, 2.24) is 14.8 Å². The van der Waals surface area contributed by atoms with E-state index in [1.165, 1.54) is 24.3 Å². The Hall–Kier alpha value is -3.16. The van der Waals surface area contributed by atoms with Gasteiger partial charge in [0.25, 0.3) is 11.5 Å². The number of hydrogen-bond donors (Lipinski definition) is 2. The lowest BCUT2D eigenvalue weighted by molar-refractivity contribution is 0.0594. The van der Waals surface area contributed by atoms with Crippen LogP contribution in [0.15, 0.2) is 41.2 Å². The molecule has 0 radical (unpaired) electrons. The number of benzene rings is 1. The fourth-order valence-electron chi connectivity index (χ4n) is 4.40. The first-order valence-corrected chi connectivity index (χ1v) is 10.2. The summed E-state index contributed by atoms with van der Waals surface area (Å²) >= 11 is 0. The maximum absolute atomic E-state index is 13.2. The second kappa shape index (κ2) is 7.93. The third kappa shape index (κ3) is 3.94. The Kier molecular flexibility index (Phi) is 5.32. The third-order valence-corrected chi connectivity index (χ3v) is 5.65. The summed E-state index contributed by atoms with van der Waals surface area (Å²) in [6.07, 6.45) is 0.910. The summed E-state index contributed by atoms with van der Waals surface area (Å²) in [4.78, 5) is 39.6. The molecule has 7 nitrogen and oxygen atoms in total. The van der Waals surface area contributed by atoms with Crippen LogP contribution in [0.4, 0.5) is 14.9 Å². The van der Waals surface area contributed by atoms with Crippen molar-refractivity contribution in [1.29, 1.82) is 0 Å². The van der Waals surface area contributed by atoms with Gasteiger partial charge in [-0.2, -0.15) is 0 Å². The first-order chi connectivity index (χ1) is 14.3. The van der Waals surface area contributed by atoms with Crippen molar-refractivity contribution in [2.24, 2.45) is 5.92 Å². The van der Waals surface area contributed by atoms with Gasteiger partial charge >= 0.3 is 6.03 Å². The summed E-state index contributed by atoms with van der Waals surface area (Å²) in [6, 6.07) is 8.63. The minimum atomic E-state index is -0.408. The molecular formula is C22H25FN4O3. The Balaban J connectivity index is 1.54. The first-order valence-electron chi connectivity index (χ1n) is 10.2. The second-order valence-electron chi connectivity index (χ2n) is 8.36. The van der Waals surface area contributed by atoms with Crippen molar-refractivity contribution >= 4 is 17.6 Å². The van der Waals surface area contributed by atoms with Crippen LogP contribution in [0.2, 0.25) is 0 Å². The number of nitrogens with zero attached hydrogens (tertiary/aromatic N) is 2. The lowest BCUT2D eigenvalue weighted by Gasteiger charge is -2.43. The lowest BCUT2D eigenvalue weighted by Crippen LogP contribution is -2.49. The molecule has 0 spiro atoms. The Morgan fingerprint density at radius 3 is 2.50 bits per heavy atom. The molecule has 1 aromatic carbocycles. The predicted molar refractivity (Wildman–Crippen MR) is 111 cm³/mol. The van der Waals surface area contributed by atoms with Crippen LogP contribution in [0.1, 0.15) is 42.2 Å². The van der Waals surface area contributed by atoms with Crippen LogP contribution in [0.5, 0.6) is 0 Å². The molecule has 1 saturated heterocycles. The minimum absolute atomic E-state index is 0.0330. The summed E-state index contributed by atoms with van der Waals surface area (Å²) in [5, 5.41) is 5.34. The number of anilines is 1. The van der Waals surface area contributed by atoms with Crippen molar-refractivity contribution in [3.63, 3.8) is 0 Å². The van der Waals surface area contributed by atoms with Crippen LogP contribution < -0.4 is 16.2 Å². The molecule has 2 aromatic rings. The van der Waals surface area contributed by atoms with Crippen molar-refractivity contribution in [3.05, 3.63) is 63.8 Å². The second-order valence-corrected chi connectivity index (χ2v) is 8.36. The van der Waals surface area contributed by atoms with E-state index < -0.39 is 6.03 Å². The van der Waals surface area contributed by atoms with Crippen LogP contribution in [0.3, 0.4) is 0 Å². The Labute approximate surface area is 173 Å². The van der Waals surface area contributed by atoms with Crippen molar-refractivity contribution in [3.8, 4) is 0 Å². The maximum Gasteiger partial charge on any atom is 0.319 e. The van der Waals surface area contributed by atoms with E-state index >= 15 is 0 Å². The quantitative estimate of drug-likeness (QED) is 0.813. The van der Waals surface area contributed by atoms with E-state index in [4.69, 9.17) is 0 Å². The highest BCUT2D eigenvalue weighted by atomic mass is 19.1. The van der Waals surface area contributed by atoms with Crippen LogP contribution >= 0.6 is 0 Å². The highest BCUT2D eigenvalue weighted by Gasteiger charge is 2.37. The average Bonchev–Trinajstić information content (AvgIpc) is 2.70. The number of aromatic nitrogens is 1. The number of carbonyl (C=O) groups is 2. The third-order valence-electron chi connectivity index (χ3n) is 5.65. The van der Waals surface area contributed by atoms with Crippen molar-refractivity contribution in [2.75, 3.05) is 18.4 Å². The van der Waals surface area contributed by atoms with E-state index in [0.29, 0.717) is 25.2 Å². The van der Waals surface area contributed by atoms with Crippen molar-refractivity contribution in [2.45, 2.75) is 38.8 Å². The van der Waals surface area contributed by atoms with E-state index in [9.17, 15) is 18.8 Å². The van der Waals surface area contributed by atoms with E-state index in [-0.39, 0.29) is 40.8 Å². The smallest absolute Gasteiger partial charge is 0.319 e. The normalized spacial score (nSPS) is 19.9. The minimum Gasteiger partial charge on any atom is -0.338 e. The summed E-state index contributed by atoms with van der Waals surface area (Å²) < 4.78 is 14.9. The summed E-state index contributed by atoms with van der Waals surface area (Å²) in [5.41, 5.74) is 1.36. The summed E-state index contributed by atoms with van der Waals surface area (Å²) in [6.45, 7) is 5.25. The molecule has 2 aliphatic rings. The lowest BCUT2D eigenvalue weighted by atomic mass is 9.83. The van der Waals surface area contributed by atoms with E-state index in [2.05, 4.69) is 10.6 Å². The molecule has 8 heteroatoms. The molecular weight excluding hydrogens is 387 g/mol. The topological polar surface area (TPSA) is 83.4 Å². The summed E-state index contributed by atoms with van der Waals surface area (Å²) in [7, 11) is 0. The number of rotatable bonds is 3. The number of hydrogen-bond acceptors (Lipinski definition) is 3. The molecule has 0 saturated carbocycles. The van der Waals surface area contributed by atoms with Gasteiger partial charge in [-0.05, 0) is 62.6 Å². The van der Waals surface area contributed by atoms with Crippen LogP contribution in [0, 0.1) is 11.7 Å². The molecule has 3 heterocycles. The first kappa shape index (κ1) is 20.1. The molecule has 2 bridgehead atoms. The zero-order valence-corrected chi connectivity index (χ0v) is 17.0. The molecule has 0 aliphatic carbocycles. The standard InChI is InChI=1S/C22H25FN4O3/c1-13(2)24-22(30)25-18-7-8-19-16-9-14(11-27(19)21(18)29)10-26(12-16)20(28)15-3-5-17(23)6-4-15/h3-8,13-14,16H,9-12H2,1-2H3,(H2,24,25,30)/t14-,16-/m1/s1. The Bertz CT molecular complexity index is 1030. The molecule has 3 amide bonds. The number of amides is 3. The number of pyridine rings is 1. The number of carbonyl (C=O) groups excluding carboxylic acids is 2. The number of piperidine rings is 1. The molecule has 4 rings (SSSR count). The van der Waals surface area contributed by atoms with Gasteiger partial charge in [0.15, 0.2) is 0 Å². The highest BCUT2D eigenvalue weighted by Crippen LogP contribution is 2.36. The van der Waals surface area contributed by atoms with Crippen LogP contribution in [-0.4, -0.2) is 40.5 Å². The van der Waals surface area contributed by atoms with Gasteiger partial charge < -0.3 is 20.1 Å². The van der Waals surface area contributed by atoms with Gasteiger partial charge in [0.1, 0.15) is 11.5 Å². The highest BCUT2D eigenvalue weighted by molar-refractivity contribution is 5.94. The molecule has 2 aliphatic heterocycles. The van der Waals surface area contributed by atoms with Crippen LogP contribution in [0.25, 0.3) is 0 Å². The summed E-state index contributed by atoms with van der Waals surface area (Å²) in [5.74, 6) is -0.294. The predicted octanol–water partition coefficient (Wildman–Crippen LogP) is 2.78. The maximum atomic E-state index is 13.2. The monoisotopic (exact) mass is 412 g/mol. The van der Waals surface area contributed by atoms with Gasteiger partial charge in [-0.25, -0.2) is 9.18 Å². The zero-order chi connectivity index (χ0) is 21.4. The molecule has 158 valence electrons. The van der Waals surface area contributed by atoms with Gasteiger partial charge in [-0.15, -0.1) is 0 Å². The number of likely N-dealkylation sites (tertiary alicyclic amines) is 1. The largest absolute Gasteiger partial charge is 0.338 e. The molecule has 30 heavy (non-hydrogen) atoms. The van der Waals surface area contributed by atoms with Gasteiger partial charge in [0, 0.05) is 42.9 Å². The van der Waals surface area contributed by atoms with Crippen LogP contribution in [-0.2, 0) is 6.54 Å². The number of urea groups is 1.